The Morgan fingerprint density at radius 1 is 1.31 bits per heavy atom. The first-order chi connectivity index (χ1) is 12.6. The van der Waals surface area contributed by atoms with Crippen LogP contribution in [0.3, 0.4) is 0 Å². The zero-order valence-electron chi connectivity index (χ0n) is 14.8. The number of hydrogen-bond acceptors (Lipinski definition) is 5. The van der Waals surface area contributed by atoms with Crippen molar-refractivity contribution in [1.82, 2.24) is 10.3 Å². The van der Waals surface area contributed by atoms with Crippen LogP contribution in [-0.2, 0) is 11.3 Å². The van der Waals surface area contributed by atoms with Gasteiger partial charge in [-0.3, -0.25) is 0 Å². The quantitative estimate of drug-likeness (QED) is 0.916. The van der Waals surface area contributed by atoms with Gasteiger partial charge in [0.05, 0.1) is 11.6 Å². The number of hydrogen-bond donors (Lipinski definition) is 1. The van der Waals surface area contributed by atoms with E-state index < -0.39 is 6.09 Å². The second-order valence-corrected chi connectivity index (χ2v) is 6.75. The molecule has 1 aromatic carbocycles. The summed E-state index contributed by atoms with van der Waals surface area (Å²) in [6.07, 6.45) is 2.83. The molecular formula is C20H22N4O2. The number of amides is 1. The number of nitrogens with zero attached hydrogens (tertiary/aromatic N) is 3. The molecule has 0 spiro atoms. The molecule has 1 amide bonds. The molecule has 1 fully saturated rings. The van der Waals surface area contributed by atoms with Gasteiger partial charge in [-0.1, -0.05) is 30.3 Å². The molecule has 2 aromatic rings. The van der Waals surface area contributed by atoms with Crippen LogP contribution in [0.25, 0.3) is 0 Å². The summed E-state index contributed by atoms with van der Waals surface area (Å²) in [6, 6.07) is 15.3. The number of nitrogens with one attached hydrogen (secondary N) is 1. The summed E-state index contributed by atoms with van der Waals surface area (Å²) in [5, 5.41) is 12.0. The molecule has 1 N–H and O–H groups in total. The third-order valence-corrected chi connectivity index (χ3v) is 4.68. The van der Waals surface area contributed by atoms with Gasteiger partial charge in [-0.25, -0.2) is 9.78 Å². The van der Waals surface area contributed by atoms with E-state index in [0.29, 0.717) is 5.56 Å². The van der Waals surface area contributed by atoms with Crippen LogP contribution in [-0.4, -0.2) is 29.7 Å². The van der Waals surface area contributed by atoms with Crippen molar-refractivity contribution in [2.45, 2.75) is 31.9 Å². The van der Waals surface area contributed by atoms with Gasteiger partial charge in [0.1, 0.15) is 12.4 Å². The van der Waals surface area contributed by atoms with Crippen molar-refractivity contribution in [3.63, 3.8) is 0 Å². The van der Waals surface area contributed by atoms with Crippen molar-refractivity contribution in [3.05, 3.63) is 59.8 Å². The van der Waals surface area contributed by atoms with Gasteiger partial charge in [0, 0.05) is 24.8 Å². The van der Waals surface area contributed by atoms with E-state index in [-0.39, 0.29) is 12.1 Å². The van der Waals surface area contributed by atoms with Crippen molar-refractivity contribution < 1.29 is 9.53 Å². The van der Waals surface area contributed by atoms with E-state index in [1.54, 1.807) is 18.3 Å². The molecule has 0 aliphatic carbocycles. The topological polar surface area (TPSA) is 78.2 Å². The Morgan fingerprint density at radius 3 is 2.73 bits per heavy atom. The second kappa shape index (κ2) is 7.87. The summed E-state index contributed by atoms with van der Waals surface area (Å²) < 4.78 is 5.33. The first-order valence-electron chi connectivity index (χ1n) is 8.68. The Bertz CT molecular complexity index is 793. The number of piperidine rings is 1. The fourth-order valence-electron chi connectivity index (χ4n) is 3.02. The van der Waals surface area contributed by atoms with Gasteiger partial charge in [0.2, 0.25) is 0 Å². The molecule has 1 aliphatic rings. The molecule has 1 aliphatic heterocycles. The number of ether oxygens (including phenoxy) is 1. The number of rotatable bonds is 4. The van der Waals surface area contributed by atoms with Gasteiger partial charge in [0.15, 0.2) is 0 Å². The van der Waals surface area contributed by atoms with Gasteiger partial charge < -0.3 is 15.0 Å². The molecular weight excluding hydrogens is 328 g/mol. The summed E-state index contributed by atoms with van der Waals surface area (Å²) >= 11 is 0. The molecule has 0 bridgehead atoms. The fourth-order valence-corrected chi connectivity index (χ4v) is 3.02. The van der Waals surface area contributed by atoms with Crippen molar-refractivity contribution in [3.8, 4) is 6.07 Å². The van der Waals surface area contributed by atoms with Crippen LogP contribution in [0, 0.1) is 11.3 Å². The first-order valence-corrected chi connectivity index (χ1v) is 8.68. The molecule has 2 heterocycles. The summed E-state index contributed by atoms with van der Waals surface area (Å²) in [6.45, 7) is 3.82. The molecule has 3 rings (SSSR count). The zero-order valence-corrected chi connectivity index (χ0v) is 14.8. The maximum Gasteiger partial charge on any atom is 0.407 e. The van der Waals surface area contributed by atoms with E-state index in [0.717, 1.165) is 37.3 Å². The minimum atomic E-state index is -0.394. The van der Waals surface area contributed by atoms with Gasteiger partial charge >= 0.3 is 6.09 Å². The lowest BCUT2D eigenvalue weighted by atomic mass is 9.90. The van der Waals surface area contributed by atoms with E-state index in [2.05, 4.69) is 21.3 Å². The lowest BCUT2D eigenvalue weighted by Gasteiger charge is -2.40. The smallest absolute Gasteiger partial charge is 0.407 e. The number of anilines is 1. The number of carbonyl (C=O) groups excluding carboxylic acids is 1. The fraction of sp³-hybridized carbons (Fsp3) is 0.350. The second-order valence-electron chi connectivity index (χ2n) is 6.75. The van der Waals surface area contributed by atoms with Gasteiger partial charge in [-0.2, -0.15) is 5.26 Å². The normalized spacial score (nSPS) is 15.8. The Balaban J connectivity index is 1.51. The van der Waals surface area contributed by atoms with E-state index in [1.807, 2.05) is 37.3 Å². The van der Waals surface area contributed by atoms with Crippen LogP contribution in [0.5, 0.6) is 0 Å². The van der Waals surface area contributed by atoms with Crippen LogP contribution < -0.4 is 10.2 Å². The highest BCUT2D eigenvalue weighted by atomic mass is 16.5. The lowest BCUT2D eigenvalue weighted by Crippen LogP contribution is -2.53. The van der Waals surface area contributed by atoms with E-state index in [1.165, 1.54) is 0 Å². The Morgan fingerprint density at radius 2 is 2.04 bits per heavy atom. The maximum absolute atomic E-state index is 12.1. The molecule has 134 valence electrons. The molecule has 0 saturated carbocycles. The molecule has 0 radical (unpaired) electrons. The van der Waals surface area contributed by atoms with Crippen LogP contribution in [0.2, 0.25) is 0 Å². The zero-order chi connectivity index (χ0) is 18.4. The molecule has 1 aromatic heterocycles. The summed E-state index contributed by atoms with van der Waals surface area (Å²) in [5.74, 6) is 0.803. The minimum absolute atomic E-state index is 0.264. The van der Waals surface area contributed by atoms with E-state index in [9.17, 15) is 4.79 Å². The first kappa shape index (κ1) is 17.7. The molecule has 1 saturated heterocycles. The molecule has 26 heavy (non-hydrogen) atoms. The number of nitriles is 1. The standard InChI is InChI=1S/C20H22N4O2/c1-20(23-19(25)26-15-16-5-3-2-4-6-16)8-11-24(12-9-20)18-13-17(14-21)7-10-22-18/h2-7,10,13H,8-9,11-12,15H2,1H3,(H,23,25). The molecule has 0 atom stereocenters. The SMILES string of the molecule is CC1(NC(=O)OCc2ccccc2)CCN(c2cc(C#N)ccn2)CC1. The van der Waals surface area contributed by atoms with E-state index >= 15 is 0 Å². The Labute approximate surface area is 153 Å². The monoisotopic (exact) mass is 350 g/mol. The number of carbonyl (C=O) groups is 1. The van der Waals surface area contributed by atoms with Crippen LogP contribution in [0.15, 0.2) is 48.7 Å². The predicted octanol–water partition coefficient (Wildman–Crippen LogP) is 3.24. The number of aromatic nitrogens is 1. The van der Waals surface area contributed by atoms with Crippen LogP contribution in [0.4, 0.5) is 10.6 Å². The minimum Gasteiger partial charge on any atom is -0.445 e. The van der Waals surface area contributed by atoms with Gasteiger partial charge in [-0.15, -0.1) is 0 Å². The van der Waals surface area contributed by atoms with Gasteiger partial charge in [0.25, 0.3) is 0 Å². The highest BCUT2D eigenvalue weighted by Crippen LogP contribution is 2.25. The summed E-state index contributed by atoms with van der Waals surface area (Å²) in [7, 11) is 0. The Kier molecular flexibility index (Phi) is 5.37. The van der Waals surface area contributed by atoms with Crippen molar-refractivity contribution in [2.24, 2.45) is 0 Å². The van der Waals surface area contributed by atoms with E-state index in [4.69, 9.17) is 10.00 Å². The maximum atomic E-state index is 12.1. The third-order valence-electron chi connectivity index (χ3n) is 4.68. The summed E-state index contributed by atoms with van der Waals surface area (Å²) in [4.78, 5) is 18.6. The largest absolute Gasteiger partial charge is 0.445 e. The average molecular weight is 350 g/mol. The van der Waals surface area contributed by atoms with Crippen molar-refractivity contribution in [1.29, 1.82) is 5.26 Å². The summed E-state index contributed by atoms with van der Waals surface area (Å²) in [5.41, 5.74) is 1.26. The Hall–Kier alpha value is -3.07. The van der Waals surface area contributed by atoms with Crippen LogP contribution in [0.1, 0.15) is 30.9 Å². The number of alkyl carbamates (subject to hydrolysis) is 1. The highest BCUT2D eigenvalue weighted by Gasteiger charge is 2.32. The van der Waals surface area contributed by atoms with Crippen molar-refractivity contribution >= 4 is 11.9 Å². The van der Waals surface area contributed by atoms with Gasteiger partial charge in [-0.05, 0) is 37.5 Å². The number of benzene rings is 1. The highest BCUT2D eigenvalue weighted by molar-refractivity contribution is 5.68. The average Bonchev–Trinajstić information content (AvgIpc) is 2.67. The lowest BCUT2D eigenvalue weighted by molar-refractivity contribution is 0.123. The molecule has 6 heteroatoms. The predicted molar refractivity (Wildman–Crippen MR) is 98.6 cm³/mol. The molecule has 0 unspecified atom stereocenters. The van der Waals surface area contributed by atoms with Crippen LogP contribution >= 0.6 is 0 Å². The molecule has 6 nitrogen and oxygen atoms in total. The number of pyridine rings is 1. The third kappa shape index (κ3) is 4.51. The van der Waals surface area contributed by atoms with Crippen molar-refractivity contribution in [2.75, 3.05) is 18.0 Å².